The first-order valence-corrected chi connectivity index (χ1v) is 30.8. The zero-order chi connectivity index (χ0) is 61.5. The molecule has 0 aliphatic rings. The molecule has 17 aromatic carbocycles. The number of rotatable bonds is 0. The molecule has 0 aromatic heterocycles. The van der Waals surface area contributed by atoms with E-state index in [1.165, 1.54) is 0 Å². The average Bonchev–Trinajstić information content (AvgIpc) is 1.05. The molecule has 0 saturated heterocycles. The normalized spacial score (nSPS) is 10.5. The topological polar surface area (TPSA) is 0 Å². The number of hydrogen-bond acceptors (Lipinski definition) is 0. The van der Waals surface area contributed by atoms with Crippen LogP contribution in [0.15, 0.2) is 255 Å². The summed E-state index contributed by atoms with van der Waals surface area (Å²) in [6.45, 7) is 0. The molecule has 17 rings (SSSR count). The van der Waals surface area contributed by atoms with Crippen molar-refractivity contribution in [1.82, 2.24) is 0 Å². The third-order valence-electron chi connectivity index (χ3n) is 15.0. The lowest BCUT2D eigenvalue weighted by Crippen LogP contribution is -1.78. The highest BCUT2D eigenvalue weighted by molar-refractivity contribution is 6.43. The molecular formula is C84H42Cl6. The maximum atomic E-state index is 5.58. The summed E-state index contributed by atoms with van der Waals surface area (Å²) in [6, 6.07) is 128. The van der Waals surface area contributed by atoms with E-state index < -0.39 is 0 Å². The second-order valence-electron chi connectivity index (χ2n) is 21.1. The summed E-state index contributed by atoms with van der Waals surface area (Å²) in [6.07, 6.45) is 0. The van der Waals surface area contributed by atoms with Crippen LogP contribution in [0.2, 0.25) is 30.1 Å². The van der Waals surface area contributed by atoms with E-state index in [-0.39, 0.29) is 0 Å². The molecule has 0 aliphatic carbocycles. The summed E-state index contributed by atoms with van der Waals surface area (Å²) in [5, 5.41) is 27.3. The quantitative estimate of drug-likeness (QED) is 0.133. The van der Waals surface area contributed by atoms with Crippen LogP contribution in [0.4, 0.5) is 0 Å². The largest absolute Gasteiger partial charge is 0.0827 e. The van der Waals surface area contributed by atoms with Crippen LogP contribution in [0.1, 0.15) is 0 Å². The molecule has 12 bridgehead atoms. The van der Waals surface area contributed by atoms with Gasteiger partial charge in [0.15, 0.2) is 0 Å². The van der Waals surface area contributed by atoms with E-state index in [1.807, 2.05) is 36.4 Å². The first-order valence-electron chi connectivity index (χ1n) is 28.5. The van der Waals surface area contributed by atoms with Gasteiger partial charge < -0.3 is 0 Å². The van der Waals surface area contributed by atoms with Gasteiger partial charge in [0.1, 0.15) is 0 Å². The molecule has 6 heteroatoms. The smallest absolute Gasteiger partial charge is 0.0592 e. The lowest BCUT2D eigenvalue weighted by molar-refractivity contribution is 1.71. The predicted octanol–water partition coefficient (Wildman–Crippen LogP) is 25.5. The Balaban J connectivity index is 0.000000258. The monoisotopic (exact) mass is 1260 g/mol. The molecular weight excluding hydrogens is 1220 g/mol. The summed E-state index contributed by atoms with van der Waals surface area (Å²) in [5.41, 5.74) is 0. The molecule has 0 spiro atoms. The predicted molar refractivity (Wildman–Crippen MR) is 385 cm³/mol. The van der Waals surface area contributed by atoms with Crippen molar-refractivity contribution in [1.29, 1.82) is 0 Å². The van der Waals surface area contributed by atoms with Crippen molar-refractivity contribution < 1.29 is 0 Å². The highest BCUT2D eigenvalue weighted by atomic mass is 35.5. The van der Waals surface area contributed by atoms with Crippen LogP contribution in [-0.4, -0.2) is 0 Å². The van der Waals surface area contributed by atoms with E-state index in [1.54, 1.807) is 36.4 Å². The summed E-state index contributed by atoms with van der Waals surface area (Å²) < 4.78 is 0. The zero-order valence-electron chi connectivity index (χ0n) is 47.5. The average molecular weight is 1260 g/mol. The molecule has 17 aromatic rings. The van der Waals surface area contributed by atoms with Crippen molar-refractivity contribution in [2.75, 3.05) is 0 Å². The van der Waals surface area contributed by atoms with E-state index in [4.69, 9.17) is 69.6 Å². The highest BCUT2D eigenvalue weighted by Gasteiger charge is 2.06. The van der Waals surface area contributed by atoms with Crippen LogP contribution >= 0.6 is 69.6 Å². The minimum atomic E-state index is 0.606. The van der Waals surface area contributed by atoms with Gasteiger partial charge >= 0.3 is 0 Å². The maximum Gasteiger partial charge on any atom is 0.0592 e. The second-order valence-corrected chi connectivity index (χ2v) is 23.5. The second kappa shape index (κ2) is 26.6. The first kappa shape index (κ1) is 58.7. The Labute approximate surface area is 552 Å². The summed E-state index contributed by atoms with van der Waals surface area (Å²) in [5.74, 6) is 0. The Bertz CT molecular complexity index is 4740. The van der Waals surface area contributed by atoms with Crippen LogP contribution in [0, 0.1) is 72.8 Å². The van der Waals surface area contributed by atoms with E-state index in [9.17, 15) is 0 Å². The van der Waals surface area contributed by atoms with Gasteiger partial charge in [-0.05, 0) is 210 Å². The number of hydrogen-bond donors (Lipinski definition) is 0. The maximum absolute atomic E-state index is 5.58. The van der Waals surface area contributed by atoms with Crippen LogP contribution in [0.25, 0.3) is 129 Å². The van der Waals surface area contributed by atoms with Gasteiger partial charge in [0, 0.05) is 64.6 Å². The lowest BCUT2D eigenvalue weighted by atomic mass is 10.00. The Morgan fingerprint density at radius 1 is 0.156 bits per heavy atom. The van der Waals surface area contributed by atoms with Crippen LogP contribution < -0.4 is 0 Å². The Kier molecular flexibility index (Phi) is 17.4. The van der Waals surface area contributed by atoms with Gasteiger partial charge in [-0.15, -0.1) is 0 Å². The molecule has 0 N–H and O–H groups in total. The van der Waals surface area contributed by atoms with Crippen molar-refractivity contribution in [2.45, 2.75) is 0 Å². The minimum absolute atomic E-state index is 0.606. The third kappa shape index (κ3) is 13.4. The van der Waals surface area contributed by atoms with E-state index >= 15 is 0 Å². The molecule has 90 heavy (non-hydrogen) atoms. The molecule has 0 radical (unpaired) electrons. The minimum Gasteiger partial charge on any atom is -0.0827 e. The Hall–Kier alpha value is -10.3. The van der Waals surface area contributed by atoms with Crippen LogP contribution in [-0.2, 0) is 0 Å². The molecule has 0 nitrogen and oxygen atoms in total. The van der Waals surface area contributed by atoms with Crippen molar-refractivity contribution in [3.05, 3.63) is 358 Å². The summed E-state index contributed by atoms with van der Waals surface area (Å²) in [7, 11) is 0. The fraction of sp³-hybridized carbons (Fsp3) is 0. The Morgan fingerprint density at radius 3 is 0.478 bits per heavy atom. The van der Waals surface area contributed by atoms with Gasteiger partial charge in [-0.2, -0.15) is 0 Å². The lowest BCUT2D eigenvalue weighted by Gasteiger charge is -2.03. The molecule has 0 saturated carbocycles. The molecule has 0 atom stereocenters. The number of halogens is 6. The summed E-state index contributed by atoms with van der Waals surface area (Å²) in [4.78, 5) is 0. The fourth-order valence-corrected chi connectivity index (χ4v) is 11.5. The van der Waals surface area contributed by atoms with Crippen molar-refractivity contribution >= 4 is 199 Å². The molecule has 420 valence electrons. The van der Waals surface area contributed by atoms with Crippen molar-refractivity contribution in [3.8, 4) is 0 Å². The van der Waals surface area contributed by atoms with Gasteiger partial charge in [-0.3, -0.25) is 0 Å². The van der Waals surface area contributed by atoms with Gasteiger partial charge in [-0.1, -0.05) is 252 Å². The van der Waals surface area contributed by atoms with Crippen molar-refractivity contribution in [3.63, 3.8) is 0 Å². The molecule has 0 amide bonds. The van der Waals surface area contributed by atoms with E-state index in [0.717, 1.165) is 129 Å². The first-order chi connectivity index (χ1) is 44.0. The zero-order valence-corrected chi connectivity index (χ0v) is 52.1. The van der Waals surface area contributed by atoms with E-state index in [0.29, 0.717) is 30.1 Å². The SMILES string of the molecule is Clc1ccccc1Cl.Clc1ccccc1Cl.Clc1ccccc1Cl.c1c2cc3c#cc4cccc5cc6cccc(c#cc7cc(c#cc8cccc9cc%10cccc(c#1)c%10cc89)cc(c#cc1cccc8cc9cccc(c#cc(c2)c3)c9cc18)c7)c6cc45. The Morgan fingerprint density at radius 2 is 0.322 bits per heavy atom. The van der Waals surface area contributed by atoms with Gasteiger partial charge in [0.2, 0.25) is 0 Å². The van der Waals surface area contributed by atoms with Crippen LogP contribution in [0.5, 0.6) is 0 Å². The molecule has 0 unspecified atom stereocenters. The molecule has 0 aliphatic heterocycles. The van der Waals surface area contributed by atoms with Crippen LogP contribution in [0.3, 0.4) is 0 Å². The number of benzene rings is 14. The summed E-state index contributed by atoms with van der Waals surface area (Å²) >= 11 is 33.5. The van der Waals surface area contributed by atoms with Gasteiger partial charge in [0.25, 0.3) is 0 Å². The van der Waals surface area contributed by atoms with E-state index in [2.05, 4.69) is 255 Å². The highest BCUT2D eigenvalue weighted by Crippen LogP contribution is 2.32. The van der Waals surface area contributed by atoms with Gasteiger partial charge in [-0.25, -0.2) is 0 Å². The standard InChI is InChI=1S/C66H30.3C6H4Cl2/c1-7-49-25-19-43-31-44-21-27-51-9-3-15-57-38-59-17-5-11-53(65(59)41-63(51)57)29-23-47-34-46(20-26-50-8-2-14-56-37-55(13-1)61(49)40-62(50)56)35-48(36-47)24-30-54-12-6-18-60-39-58-16-4-10-52(64(58)42-66(54)60)28-22-45(32-43)33-44;3*7-5-3-1-2-4-6(5)8/h1-18,31-42H;3*1-4H. The molecule has 0 fully saturated rings. The molecule has 0 heterocycles. The van der Waals surface area contributed by atoms with Crippen molar-refractivity contribution in [2.24, 2.45) is 0 Å². The fourth-order valence-electron chi connectivity index (χ4n) is 10.7. The third-order valence-corrected chi connectivity index (χ3v) is 17.3. The van der Waals surface area contributed by atoms with Gasteiger partial charge in [0.05, 0.1) is 30.1 Å².